The van der Waals surface area contributed by atoms with Gasteiger partial charge in [0.25, 0.3) is 5.91 Å². The van der Waals surface area contributed by atoms with Gasteiger partial charge in [-0.2, -0.15) is 0 Å². The van der Waals surface area contributed by atoms with Crippen molar-refractivity contribution in [2.45, 2.75) is 0 Å². The van der Waals surface area contributed by atoms with Gasteiger partial charge in [0, 0.05) is 13.2 Å². The van der Waals surface area contributed by atoms with E-state index in [0.717, 1.165) is 16.7 Å². The molecule has 1 rings (SSSR count). The Kier molecular flexibility index (Phi) is 6.70. The van der Waals surface area contributed by atoms with E-state index in [1.165, 1.54) is 13.2 Å². The monoisotopic (exact) mass is 263 g/mol. The number of carbonyl (C=O) groups excluding carboxylic acids is 1. The quantitative estimate of drug-likeness (QED) is 0.469. The lowest BCUT2D eigenvalue weighted by Gasteiger charge is -2.09. The lowest BCUT2D eigenvalue weighted by molar-refractivity contribution is -0.140. The van der Waals surface area contributed by atoms with E-state index < -0.39 is 5.97 Å². The first-order valence-electron chi connectivity index (χ1n) is 4.27. The Labute approximate surface area is 103 Å². The molecule has 0 spiro atoms. The van der Waals surface area contributed by atoms with Crippen LogP contribution in [0.4, 0.5) is 0 Å². The van der Waals surface area contributed by atoms with Crippen LogP contribution in [-0.4, -0.2) is 46.8 Å². The minimum Gasteiger partial charge on any atom is -0.480 e. The first kappa shape index (κ1) is 14.9. The summed E-state index contributed by atoms with van der Waals surface area (Å²) in [5, 5.41) is 11.2. The van der Waals surface area contributed by atoms with Crippen LogP contribution in [0.2, 0.25) is 0 Å². The molecule has 1 aliphatic heterocycles. The van der Waals surface area contributed by atoms with Gasteiger partial charge in [-0.1, -0.05) is 24.0 Å². The topological polar surface area (TPSA) is 95.7 Å². The zero-order valence-corrected chi connectivity index (χ0v) is 10.5. The first-order chi connectivity index (χ1) is 7.56. The molecular formula is C8H13N3O3S2. The van der Waals surface area contributed by atoms with Gasteiger partial charge in [-0.25, -0.2) is 0 Å². The van der Waals surface area contributed by atoms with Crippen molar-refractivity contribution in [3.8, 4) is 0 Å². The summed E-state index contributed by atoms with van der Waals surface area (Å²) in [6, 6.07) is 0. The fourth-order valence-electron chi connectivity index (χ4n) is 0.903. The molecule has 1 amide bonds. The van der Waals surface area contributed by atoms with Crippen LogP contribution in [0.15, 0.2) is 11.1 Å². The average Bonchev–Trinajstić information content (AvgIpc) is 2.49. The van der Waals surface area contributed by atoms with Crippen molar-refractivity contribution in [1.29, 1.82) is 0 Å². The number of amides is 1. The molecule has 0 aromatic heterocycles. The number of aliphatic carboxylic acids is 1. The minimum absolute atomic E-state index is 0.277. The molecule has 1 heterocycles. The van der Waals surface area contributed by atoms with E-state index in [1.54, 1.807) is 7.05 Å². The number of carboxylic acid groups (broad SMARTS) is 1. The Morgan fingerprint density at radius 3 is 2.69 bits per heavy atom. The largest absolute Gasteiger partial charge is 0.480 e. The number of carbonyl (C=O) groups is 2. The summed E-state index contributed by atoms with van der Waals surface area (Å²) in [5.41, 5.74) is 4.50. The summed E-state index contributed by atoms with van der Waals surface area (Å²) in [5.74, 6) is -1.44. The third kappa shape index (κ3) is 3.80. The number of hydrogen-bond acceptors (Lipinski definition) is 6. The Morgan fingerprint density at radius 1 is 1.69 bits per heavy atom. The molecule has 16 heavy (non-hydrogen) atoms. The maximum Gasteiger partial charge on any atom is 0.323 e. The fourth-order valence-corrected chi connectivity index (χ4v) is 2.14. The second kappa shape index (κ2) is 7.20. The van der Waals surface area contributed by atoms with Crippen LogP contribution in [0.25, 0.3) is 0 Å². The number of nitrogens with one attached hydrogen (secondary N) is 1. The number of nitrogens with two attached hydrogens (primary N) is 1. The van der Waals surface area contributed by atoms with Gasteiger partial charge in [0.2, 0.25) is 0 Å². The zero-order chi connectivity index (χ0) is 12.7. The van der Waals surface area contributed by atoms with E-state index in [2.05, 4.69) is 11.1 Å². The van der Waals surface area contributed by atoms with E-state index >= 15 is 0 Å². The van der Waals surface area contributed by atoms with Crippen LogP contribution in [0.1, 0.15) is 0 Å². The third-order valence-electron chi connectivity index (χ3n) is 1.44. The van der Waals surface area contributed by atoms with Gasteiger partial charge in [-0.3, -0.25) is 14.5 Å². The smallest absolute Gasteiger partial charge is 0.323 e. The number of thioether (sulfide) groups is 1. The van der Waals surface area contributed by atoms with Gasteiger partial charge in [0.05, 0.1) is 4.91 Å². The molecule has 0 aromatic carbocycles. The zero-order valence-electron chi connectivity index (χ0n) is 8.89. The highest BCUT2D eigenvalue weighted by atomic mass is 32.2. The highest BCUT2D eigenvalue weighted by Gasteiger charge is 2.33. The second-order valence-electron chi connectivity index (χ2n) is 2.45. The molecule has 0 unspecified atom stereocenters. The molecular weight excluding hydrogens is 250 g/mol. The molecule has 90 valence electrons. The van der Waals surface area contributed by atoms with E-state index in [9.17, 15) is 9.59 Å². The molecule has 1 aliphatic rings. The lowest BCUT2D eigenvalue weighted by atomic mass is 10.4. The molecule has 1 fully saturated rings. The van der Waals surface area contributed by atoms with Crippen molar-refractivity contribution >= 4 is 40.2 Å². The minimum atomic E-state index is -1.08. The molecule has 0 aliphatic carbocycles. The van der Waals surface area contributed by atoms with Crippen LogP contribution < -0.4 is 11.1 Å². The summed E-state index contributed by atoms with van der Waals surface area (Å²) in [6.45, 7) is -0.383. The SMILES string of the molecule is CN.CNC=C1SC(=S)N(CC(=O)O)C1=O. The number of nitrogens with zero attached hydrogens (tertiary/aromatic N) is 1. The molecule has 8 heteroatoms. The van der Waals surface area contributed by atoms with Crippen molar-refractivity contribution < 1.29 is 14.7 Å². The molecule has 0 aromatic rings. The summed E-state index contributed by atoms with van der Waals surface area (Å²) in [4.78, 5) is 23.4. The Bertz CT molecular complexity index is 330. The van der Waals surface area contributed by atoms with E-state index in [0.29, 0.717) is 4.91 Å². The van der Waals surface area contributed by atoms with Gasteiger partial charge in [0.1, 0.15) is 10.9 Å². The van der Waals surface area contributed by atoms with Gasteiger partial charge in [-0.05, 0) is 7.05 Å². The number of thiocarbonyl (C=S) groups is 1. The van der Waals surface area contributed by atoms with Gasteiger partial charge < -0.3 is 16.2 Å². The highest BCUT2D eigenvalue weighted by molar-refractivity contribution is 8.26. The molecule has 0 bridgehead atoms. The molecule has 0 saturated carbocycles. The van der Waals surface area contributed by atoms with Crippen molar-refractivity contribution in [2.24, 2.45) is 5.73 Å². The number of carboxylic acids is 1. The summed E-state index contributed by atoms with van der Waals surface area (Å²) < 4.78 is 0.277. The van der Waals surface area contributed by atoms with E-state index in [1.807, 2.05) is 0 Å². The second-order valence-corrected chi connectivity index (χ2v) is 4.13. The number of rotatable bonds is 3. The van der Waals surface area contributed by atoms with Crippen LogP contribution in [-0.2, 0) is 9.59 Å². The van der Waals surface area contributed by atoms with Crippen molar-refractivity contribution in [3.05, 3.63) is 11.1 Å². The Morgan fingerprint density at radius 2 is 2.25 bits per heavy atom. The fraction of sp³-hybridized carbons (Fsp3) is 0.375. The summed E-state index contributed by atoms with van der Waals surface area (Å²) >= 11 is 5.95. The standard InChI is InChI=1S/C7H8N2O3S2.CH5N/c1-8-2-4-6(12)9(3-5(10)11)7(13)14-4;1-2/h2,8H,3H2,1H3,(H,10,11);2H2,1H3. The van der Waals surface area contributed by atoms with E-state index in [-0.39, 0.29) is 16.8 Å². The normalized spacial score (nSPS) is 17.2. The average molecular weight is 263 g/mol. The number of hydrogen-bond donors (Lipinski definition) is 3. The summed E-state index contributed by atoms with van der Waals surface area (Å²) in [7, 11) is 3.16. The van der Waals surface area contributed by atoms with Crippen molar-refractivity contribution in [1.82, 2.24) is 10.2 Å². The highest BCUT2D eigenvalue weighted by Crippen LogP contribution is 2.29. The molecule has 0 radical (unpaired) electrons. The van der Waals surface area contributed by atoms with Gasteiger partial charge in [0.15, 0.2) is 0 Å². The maximum atomic E-state index is 11.5. The Hall–Kier alpha value is -1.12. The Balaban J connectivity index is 0.00000106. The first-order valence-corrected chi connectivity index (χ1v) is 5.49. The van der Waals surface area contributed by atoms with Gasteiger partial charge in [-0.15, -0.1) is 0 Å². The third-order valence-corrected chi connectivity index (χ3v) is 2.82. The predicted molar refractivity (Wildman–Crippen MR) is 66.8 cm³/mol. The van der Waals surface area contributed by atoms with Gasteiger partial charge >= 0.3 is 5.97 Å². The van der Waals surface area contributed by atoms with Crippen LogP contribution in [0.5, 0.6) is 0 Å². The van der Waals surface area contributed by atoms with Crippen LogP contribution in [0.3, 0.4) is 0 Å². The van der Waals surface area contributed by atoms with Crippen LogP contribution in [0, 0.1) is 0 Å². The van der Waals surface area contributed by atoms with Crippen molar-refractivity contribution in [3.63, 3.8) is 0 Å². The molecule has 6 nitrogen and oxygen atoms in total. The van der Waals surface area contributed by atoms with Crippen molar-refractivity contribution in [2.75, 3.05) is 20.6 Å². The lowest BCUT2D eigenvalue weighted by Crippen LogP contribution is -2.33. The summed E-state index contributed by atoms with van der Waals surface area (Å²) in [6.07, 6.45) is 1.50. The maximum absolute atomic E-state index is 11.5. The molecule has 4 N–H and O–H groups in total. The van der Waals surface area contributed by atoms with E-state index in [4.69, 9.17) is 17.3 Å². The molecule has 1 saturated heterocycles. The molecule has 0 atom stereocenters. The van der Waals surface area contributed by atoms with Crippen LogP contribution >= 0.6 is 24.0 Å². The predicted octanol–water partition coefficient (Wildman–Crippen LogP) is -0.433.